The van der Waals surface area contributed by atoms with Gasteiger partial charge in [-0.25, -0.2) is 4.68 Å². The second kappa shape index (κ2) is 3.13. The average molecular weight is 183 g/mol. The molecule has 0 fully saturated rings. The Morgan fingerprint density at radius 3 is 2.46 bits per heavy atom. The topological polar surface area (TPSA) is 130 Å². The third-order valence-corrected chi connectivity index (χ3v) is 1.37. The predicted octanol–water partition coefficient (Wildman–Crippen LogP) is -1.95. The predicted molar refractivity (Wildman–Crippen MR) is 44.4 cm³/mol. The number of nitrogens with zero attached hydrogens (tertiary/aromatic N) is 2. The van der Waals surface area contributed by atoms with Crippen LogP contribution >= 0.6 is 0 Å². The van der Waals surface area contributed by atoms with Crippen LogP contribution in [0.15, 0.2) is 6.07 Å². The molecular formula is C6H9N5O2. The van der Waals surface area contributed by atoms with Crippen molar-refractivity contribution < 1.29 is 9.59 Å². The molecule has 0 spiro atoms. The molecule has 1 aromatic rings. The number of nitrogens with two attached hydrogens (primary N) is 3. The van der Waals surface area contributed by atoms with Crippen LogP contribution < -0.4 is 17.2 Å². The van der Waals surface area contributed by atoms with Crippen molar-refractivity contribution in [2.45, 2.75) is 6.54 Å². The van der Waals surface area contributed by atoms with Gasteiger partial charge in [0.15, 0.2) is 5.69 Å². The summed E-state index contributed by atoms with van der Waals surface area (Å²) >= 11 is 0. The highest BCUT2D eigenvalue weighted by molar-refractivity contribution is 5.91. The van der Waals surface area contributed by atoms with Crippen molar-refractivity contribution in [3.05, 3.63) is 11.8 Å². The van der Waals surface area contributed by atoms with Crippen molar-refractivity contribution in [3.8, 4) is 0 Å². The number of anilines is 1. The van der Waals surface area contributed by atoms with Crippen molar-refractivity contribution in [3.63, 3.8) is 0 Å². The maximum Gasteiger partial charge on any atom is 0.269 e. The minimum absolute atomic E-state index is 0.0127. The summed E-state index contributed by atoms with van der Waals surface area (Å²) in [7, 11) is 0. The van der Waals surface area contributed by atoms with Crippen LogP contribution in [-0.4, -0.2) is 21.6 Å². The van der Waals surface area contributed by atoms with Gasteiger partial charge in [0.25, 0.3) is 5.91 Å². The summed E-state index contributed by atoms with van der Waals surface area (Å²) in [6.45, 7) is -0.168. The number of hydrogen-bond donors (Lipinski definition) is 3. The van der Waals surface area contributed by atoms with Gasteiger partial charge in [-0.1, -0.05) is 0 Å². The molecule has 0 atom stereocenters. The lowest BCUT2D eigenvalue weighted by Gasteiger charge is -1.98. The van der Waals surface area contributed by atoms with Crippen LogP contribution in [0.4, 0.5) is 5.82 Å². The van der Waals surface area contributed by atoms with E-state index in [9.17, 15) is 9.59 Å². The Morgan fingerprint density at radius 2 is 2.08 bits per heavy atom. The summed E-state index contributed by atoms with van der Waals surface area (Å²) in [6, 6.07) is 1.28. The summed E-state index contributed by atoms with van der Waals surface area (Å²) < 4.78 is 1.11. The fraction of sp³-hybridized carbons (Fsp3) is 0.167. The van der Waals surface area contributed by atoms with E-state index in [1.54, 1.807) is 0 Å². The SMILES string of the molecule is NC(=O)Cn1nc(C(N)=O)cc1N. The normalized spacial score (nSPS) is 9.85. The molecule has 0 saturated heterocycles. The van der Waals surface area contributed by atoms with Crippen LogP contribution in [0, 0.1) is 0 Å². The molecule has 0 unspecified atom stereocenters. The lowest BCUT2D eigenvalue weighted by Crippen LogP contribution is -2.21. The number of primary amides is 2. The van der Waals surface area contributed by atoms with Crippen molar-refractivity contribution in [2.75, 3.05) is 5.73 Å². The molecule has 70 valence electrons. The summed E-state index contributed by atoms with van der Waals surface area (Å²) in [6.07, 6.45) is 0. The van der Waals surface area contributed by atoms with Gasteiger partial charge in [-0.2, -0.15) is 5.10 Å². The Labute approximate surface area is 73.5 Å². The quantitative estimate of drug-likeness (QED) is 0.502. The molecule has 1 heterocycles. The van der Waals surface area contributed by atoms with Crippen molar-refractivity contribution in [2.24, 2.45) is 11.5 Å². The van der Waals surface area contributed by atoms with Crippen LogP contribution in [0.2, 0.25) is 0 Å². The van der Waals surface area contributed by atoms with Gasteiger partial charge in [-0.3, -0.25) is 9.59 Å². The maximum absolute atomic E-state index is 10.6. The molecule has 6 N–H and O–H groups in total. The molecule has 1 rings (SSSR count). The van der Waals surface area contributed by atoms with Crippen molar-refractivity contribution in [1.82, 2.24) is 9.78 Å². The fourth-order valence-corrected chi connectivity index (χ4v) is 0.826. The lowest BCUT2D eigenvalue weighted by molar-refractivity contribution is -0.118. The van der Waals surface area contributed by atoms with Crippen LogP contribution in [0.1, 0.15) is 10.5 Å². The maximum atomic E-state index is 10.6. The molecule has 0 aromatic carbocycles. The average Bonchev–Trinajstić information content (AvgIpc) is 2.31. The van der Waals surface area contributed by atoms with Crippen LogP contribution in [-0.2, 0) is 11.3 Å². The number of aromatic nitrogens is 2. The molecule has 0 radical (unpaired) electrons. The first-order valence-electron chi connectivity index (χ1n) is 3.42. The molecule has 1 aromatic heterocycles. The fourth-order valence-electron chi connectivity index (χ4n) is 0.826. The Balaban J connectivity index is 2.96. The number of nitrogen functional groups attached to an aromatic ring is 1. The third-order valence-electron chi connectivity index (χ3n) is 1.37. The van der Waals surface area contributed by atoms with E-state index in [0.717, 1.165) is 4.68 Å². The van der Waals surface area contributed by atoms with Gasteiger partial charge in [-0.15, -0.1) is 0 Å². The van der Waals surface area contributed by atoms with Crippen LogP contribution in [0.3, 0.4) is 0 Å². The zero-order valence-electron chi connectivity index (χ0n) is 6.73. The van der Waals surface area contributed by atoms with E-state index in [2.05, 4.69) is 5.10 Å². The Bertz CT molecular complexity index is 356. The largest absolute Gasteiger partial charge is 0.384 e. The highest BCUT2D eigenvalue weighted by Gasteiger charge is 2.10. The molecule has 7 nitrogen and oxygen atoms in total. The first-order valence-corrected chi connectivity index (χ1v) is 3.42. The molecule has 7 heteroatoms. The monoisotopic (exact) mass is 183 g/mol. The van der Waals surface area contributed by atoms with E-state index in [1.807, 2.05) is 0 Å². The number of carbonyl (C=O) groups excluding carboxylic acids is 2. The highest BCUT2D eigenvalue weighted by Crippen LogP contribution is 2.04. The number of amides is 2. The van der Waals surface area contributed by atoms with E-state index < -0.39 is 11.8 Å². The lowest BCUT2D eigenvalue weighted by atomic mass is 10.4. The molecule has 0 saturated carbocycles. The van der Waals surface area contributed by atoms with Gasteiger partial charge in [0.05, 0.1) is 0 Å². The molecule has 13 heavy (non-hydrogen) atoms. The summed E-state index contributed by atoms with van der Waals surface area (Å²) in [4.78, 5) is 21.1. The zero-order chi connectivity index (χ0) is 10.0. The second-order valence-corrected chi connectivity index (χ2v) is 2.44. The number of carbonyl (C=O) groups is 2. The molecule has 0 aliphatic heterocycles. The molecule has 2 amide bonds. The van der Waals surface area contributed by atoms with Gasteiger partial charge in [-0.05, 0) is 0 Å². The number of rotatable bonds is 3. The zero-order valence-corrected chi connectivity index (χ0v) is 6.73. The second-order valence-electron chi connectivity index (χ2n) is 2.44. The smallest absolute Gasteiger partial charge is 0.269 e. The minimum atomic E-state index is -0.699. The molecule has 0 aliphatic carbocycles. The summed E-state index contributed by atoms with van der Waals surface area (Å²) in [5.41, 5.74) is 15.3. The Hall–Kier alpha value is -2.05. The molecule has 0 aliphatic rings. The van der Waals surface area contributed by atoms with E-state index in [4.69, 9.17) is 17.2 Å². The first-order chi connectivity index (χ1) is 6.00. The van der Waals surface area contributed by atoms with Gasteiger partial charge >= 0.3 is 0 Å². The van der Waals surface area contributed by atoms with Crippen LogP contribution in [0.25, 0.3) is 0 Å². The van der Waals surface area contributed by atoms with Crippen molar-refractivity contribution >= 4 is 17.6 Å². The summed E-state index contributed by atoms with van der Waals surface area (Å²) in [5.74, 6) is -1.12. The standard InChI is InChI=1S/C6H9N5O2/c7-4-1-3(6(9)13)10-11(4)2-5(8)12/h1H,2,7H2,(H2,8,12)(H2,9,13). The minimum Gasteiger partial charge on any atom is -0.384 e. The van der Waals surface area contributed by atoms with E-state index in [1.165, 1.54) is 6.07 Å². The van der Waals surface area contributed by atoms with Crippen molar-refractivity contribution in [1.29, 1.82) is 0 Å². The Morgan fingerprint density at radius 1 is 1.46 bits per heavy atom. The van der Waals surface area contributed by atoms with Crippen LogP contribution in [0.5, 0.6) is 0 Å². The molecular weight excluding hydrogens is 174 g/mol. The van der Waals surface area contributed by atoms with Gasteiger partial charge in [0.1, 0.15) is 12.4 Å². The first kappa shape index (κ1) is 9.04. The third kappa shape index (κ3) is 1.95. The van der Waals surface area contributed by atoms with Gasteiger partial charge in [0.2, 0.25) is 5.91 Å². The van der Waals surface area contributed by atoms with E-state index in [0.29, 0.717) is 0 Å². The Kier molecular flexibility index (Phi) is 2.18. The summed E-state index contributed by atoms with van der Waals surface area (Å²) in [5, 5.41) is 3.67. The highest BCUT2D eigenvalue weighted by atomic mass is 16.1. The van der Waals surface area contributed by atoms with Gasteiger partial charge in [0, 0.05) is 6.07 Å². The van der Waals surface area contributed by atoms with Gasteiger partial charge < -0.3 is 17.2 Å². The molecule has 0 bridgehead atoms. The van der Waals surface area contributed by atoms with E-state index in [-0.39, 0.29) is 18.1 Å². The number of hydrogen-bond acceptors (Lipinski definition) is 4. The van der Waals surface area contributed by atoms with E-state index >= 15 is 0 Å².